The Bertz CT molecular complexity index is 439. The highest BCUT2D eigenvalue weighted by Crippen LogP contribution is 2.34. The van der Waals surface area contributed by atoms with Crippen LogP contribution in [0.3, 0.4) is 0 Å². The van der Waals surface area contributed by atoms with Gasteiger partial charge in [0.25, 0.3) is 0 Å². The first-order chi connectivity index (χ1) is 8.35. The Kier molecular flexibility index (Phi) is 3.72. The lowest BCUT2D eigenvalue weighted by molar-refractivity contribution is -0.274. The minimum Gasteiger partial charge on any atom is -0.405 e. The molecule has 3 nitrogen and oxygen atoms in total. The van der Waals surface area contributed by atoms with Crippen molar-refractivity contribution in [1.82, 2.24) is 0 Å². The maximum atomic E-state index is 12.1. The highest BCUT2D eigenvalue weighted by molar-refractivity contribution is 9.10. The molecule has 0 bridgehead atoms. The summed E-state index contributed by atoms with van der Waals surface area (Å²) >= 11 is 3.08. The Labute approximate surface area is 111 Å². The van der Waals surface area contributed by atoms with Crippen LogP contribution in [0.2, 0.25) is 0 Å². The Hall–Kier alpha value is -0.950. The second-order valence-electron chi connectivity index (χ2n) is 4.16. The molecule has 0 saturated carbocycles. The fourth-order valence-electron chi connectivity index (χ4n) is 1.92. The number of nitrogens with zero attached hydrogens (tertiary/aromatic N) is 1. The van der Waals surface area contributed by atoms with E-state index in [1.165, 1.54) is 6.07 Å². The van der Waals surface area contributed by atoms with Crippen LogP contribution in [0, 0.1) is 0 Å². The van der Waals surface area contributed by atoms with Crippen LogP contribution in [0.1, 0.15) is 6.42 Å². The third-order valence-electron chi connectivity index (χ3n) is 2.73. The molecule has 1 aliphatic rings. The molecular formula is C11H12BrF3N2O. The lowest BCUT2D eigenvalue weighted by Gasteiger charge is -2.19. The zero-order chi connectivity index (χ0) is 13.3. The Morgan fingerprint density at radius 3 is 2.61 bits per heavy atom. The first kappa shape index (κ1) is 13.5. The van der Waals surface area contributed by atoms with Gasteiger partial charge in [0.15, 0.2) is 0 Å². The van der Waals surface area contributed by atoms with E-state index >= 15 is 0 Å². The maximum Gasteiger partial charge on any atom is 0.573 e. The van der Waals surface area contributed by atoms with Gasteiger partial charge in [0, 0.05) is 24.8 Å². The molecule has 18 heavy (non-hydrogen) atoms. The fraction of sp³-hybridized carbons (Fsp3) is 0.455. The molecule has 0 aliphatic carbocycles. The monoisotopic (exact) mass is 324 g/mol. The summed E-state index contributed by atoms with van der Waals surface area (Å²) in [5.74, 6) is -0.241. The van der Waals surface area contributed by atoms with Crippen LogP contribution >= 0.6 is 15.9 Å². The van der Waals surface area contributed by atoms with Gasteiger partial charge in [-0.25, -0.2) is 0 Å². The van der Waals surface area contributed by atoms with Crippen molar-refractivity contribution in [3.8, 4) is 5.75 Å². The van der Waals surface area contributed by atoms with E-state index in [4.69, 9.17) is 5.73 Å². The van der Waals surface area contributed by atoms with Crippen molar-refractivity contribution in [3.05, 3.63) is 22.7 Å². The molecule has 0 spiro atoms. The number of benzene rings is 1. The standard InChI is InChI=1S/C11H12BrF3N2O/c12-9-5-8(17-4-3-7(16)6-17)1-2-10(9)18-11(13,14)15/h1-2,5,7H,3-4,6,16H2. The summed E-state index contributed by atoms with van der Waals surface area (Å²) in [5, 5.41) is 0. The van der Waals surface area contributed by atoms with Crippen LogP contribution in [-0.2, 0) is 0 Å². The van der Waals surface area contributed by atoms with E-state index in [9.17, 15) is 13.2 Å². The zero-order valence-corrected chi connectivity index (χ0v) is 11.0. The molecule has 1 atom stereocenters. The predicted molar refractivity (Wildman–Crippen MR) is 65.6 cm³/mol. The summed E-state index contributed by atoms with van der Waals surface area (Å²) in [5.41, 5.74) is 6.62. The number of hydrogen-bond donors (Lipinski definition) is 1. The molecule has 100 valence electrons. The number of alkyl halides is 3. The van der Waals surface area contributed by atoms with Gasteiger partial charge in [0.2, 0.25) is 0 Å². The quantitative estimate of drug-likeness (QED) is 0.909. The van der Waals surface area contributed by atoms with Crippen molar-refractivity contribution in [3.63, 3.8) is 0 Å². The minimum atomic E-state index is -4.68. The lowest BCUT2D eigenvalue weighted by atomic mass is 10.3. The number of anilines is 1. The third kappa shape index (κ3) is 3.29. The van der Waals surface area contributed by atoms with Crippen LogP contribution in [0.5, 0.6) is 5.75 Å². The second kappa shape index (κ2) is 4.97. The molecule has 1 saturated heterocycles. The van der Waals surface area contributed by atoms with Gasteiger partial charge < -0.3 is 15.4 Å². The summed E-state index contributed by atoms with van der Waals surface area (Å²) in [6.07, 6.45) is -3.79. The molecule has 0 aromatic heterocycles. The van der Waals surface area contributed by atoms with Gasteiger partial charge in [-0.2, -0.15) is 0 Å². The molecule has 0 amide bonds. The van der Waals surface area contributed by atoms with Crippen molar-refractivity contribution in [1.29, 1.82) is 0 Å². The number of rotatable bonds is 2. The Morgan fingerprint density at radius 2 is 2.11 bits per heavy atom. The summed E-state index contributed by atoms with van der Waals surface area (Å²) in [7, 11) is 0. The van der Waals surface area contributed by atoms with Gasteiger partial charge in [-0.05, 0) is 40.5 Å². The number of ether oxygens (including phenoxy) is 1. The second-order valence-corrected chi connectivity index (χ2v) is 5.01. The van der Waals surface area contributed by atoms with Crippen molar-refractivity contribution in [2.75, 3.05) is 18.0 Å². The molecule has 1 aromatic carbocycles. The SMILES string of the molecule is NC1CCN(c2ccc(OC(F)(F)F)c(Br)c2)C1. The number of halogens is 4. The molecule has 1 fully saturated rings. The van der Waals surface area contributed by atoms with Crippen molar-refractivity contribution >= 4 is 21.6 Å². The molecule has 1 heterocycles. The molecule has 2 rings (SSSR count). The maximum absolute atomic E-state index is 12.1. The van der Waals surface area contributed by atoms with Crippen molar-refractivity contribution < 1.29 is 17.9 Å². The Balaban J connectivity index is 2.15. The smallest absolute Gasteiger partial charge is 0.405 e. The van der Waals surface area contributed by atoms with Gasteiger partial charge in [0.05, 0.1) is 4.47 Å². The van der Waals surface area contributed by atoms with Crippen LogP contribution in [-0.4, -0.2) is 25.5 Å². The first-order valence-corrected chi connectivity index (χ1v) is 6.20. The zero-order valence-electron chi connectivity index (χ0n) is 9.38. The van der Waals surface area contributed by atoms with Crippen molar-refractivity contribution in [2.45, 2.75) is 18.8 Å². The van der Waals surface area contributed by atoms with Crippen molar-refractivity contribution in [2.24, 2.45) is 5.73 Å². The fourth-order valence-corrected chi connectivity index (χ4v) is 2.36. The van der Waals surface area contributed by atoms with Crippen LogP contribution in [0.15, 0.2) is 22.7 Å². The lowest BCUT2D eigenvalue weighted by Crippen LogP contribution is -2.26. The van der Waals surface area contributed by atoms with Gasteiger partial charge in [-0.3, -0.25) is 0 Å². The average molecular weight is 325 g/mol. The first-order valence-electron chi connectivity index (χ1n) is 5.41. The summed E-state index contributed by atoms with van der Waals surface area (Å²) in [6, 6.07) is 4.63. The van der Waals surface area contributed by atoms with Gasteiger partial charge in [-0.15, -0.1) is 13.2 Å². The van der Waals surface area contributed by atoms with Gasteiger partial charge in [-0.1, -0.05) is 0 Å². The van der Waals surface area contributed by atoms with E-state index in [1.807, 2.05) is 4.90 Å². The predicted octanol–water partition coefficient (Wildman–Crippen LogP) is 2.89. The normalized spacial score (nSPS) is 20.3. The largest absolute Gasteiger partial charge is 0.573 e. The molecular weight excluding hydrogens is 313 g/mol. The summed E-state index contributed by atoms with van der Waals surface area (Å²) in [6.45, 7) is 1.53. The molecule has 7 heteroatoms. The topological polar surface area (TPSA) is 38.5 Å². The molecule has 2 N–H and O–H groups in total. The third-order valence-corrected chi connectivity index (χ3v) is 3.35. The summed E-state index contributed by atoms with van der Waals surface area (Å²) < 4.78 is 40.5. The highest BCUT2D eigenvalue weighted by Gasteiger charge is 2.32. The van der Waals surface area contributed by atoms with E-state index in [0.29, 0.717) is 6.54 Å². The molecule has 1 aliphatic heterocycles. The van der Waals surface area contributed by atoms with Gasteiger partial charge in [0.1, 0.15) is 5.75 Å². The Morgan fingerprint density at radius 1 is 1.39 bits per heavy atom. The number of hydrogen-bond acceptors (Lipinski definition) is 3. The van der Waals surface area contributed by atoms with E-state index < -0.39 is 6.36 Å². The average Bonchev–Trinajstić information content (AvgIpc) is 2.66. The van der Waals surface area contributed by atoms with E-state index in [2.05, 4.69) is 20.7 Å². The van der Waals surface area contributed by atoms with Crippen LogP contribution in [0.25, 0.3) is 0 Å². The summed E-state index contributed by atoms with van der Waals surface area (Å²) in [4.78, 5) is 2.03. The molecule has 1 unspecified atom stereocenters. The molecule has 1 aromatic rings. The van der Waals surface area contributed by atoms with Crippen LogP contribution < -0.4 is 15.4 Å². The van der Waals surface area contributed by atoms with E-state index in [1.54, 1.807) is 12.1 Å². The molecule has 0 radical (unpaired) electrons. The number of nitrogens with two attached hydrogens (primary N) is 1. The van der Waals surface area contributed by atoms with Gasteiger partial charge >= 0.3 is 6.36 Å². The van der Waals surface area contributed by atoms with Crippen LogP contribution in [0.4, 0.5) is 18.9 Å². The van der Waals surface area contributed by atoms with E-state index in [-0.39, 0.29) is 16.3 Å². The highest BCUT2D eigenvalue weighted by atomic mass is 79.9. The minimum absolute atomic E-state index is 0.120. The van der Waals surface area contributed by atoms with E-state index in [0.717, 1.165) is 18.7 Å².